The van der Waals surface area contributed by atoms with Crippen molar-refractivity contribution < 1.29 is 13.0 Å². The lowest BCUT2D eigenvalue weighted by Gasteiger charge is -2.16. The Bertz CT molecular complexity index is 765. The van der Waals surface area contributed by atoms with E-state index in [2.05, 4.69) is 26.8 Å². The average molecular weight is 399 g/mol. The summed E-state index contributed by atoms with van der Waals surface area (Å²) in [5, 5.41) is -0.905. The van der Waals surface area contributed by atoms with E-state index < -0.39 is 15.4 Å². The van der Waals surface area contributed by atoms with E-state index >= 15 is 0 Å². The van der Waals surface area contributed by atoms with Gasteiger partial charge in [0.15, 0.2) is 0 Å². The van der Waals surface area contributed by atoms with Crippen LogP contribution in [0.15, 0.2) is 53.0 Å². The molecule has 0 heterocycles. The second-order valence-corrected chi connectivity index (χ2v) is 7.60. The maximum absolute atomic E-state index is 11.6. The topological polar surface area (TPSA) is 78.4 Å². The number of rotatable bonds is 7. The van der Waals surface area contributed by atoms with Gasteiger partial charge in [-0.3, -0.25) is 9.98 Å². The van der Waals surface area contributed by atoms with Crippen LogP contribution in [0.5, 0.6) is 0 Å². The number of hydrazine groups is 1. The van der Waals surface area contributed by atoms with E-state index in [9.17, 15) is 13.0 Å². The Morgan fingerprint density at radius 1 is 1.13 bits per heavy atom. The molecule has 0 aliphatic carbocycles. The van der Waals surface area contributed by atoms with Crippen LogP contribution < -0.4 is 10.9 Å². The third-order valence-electron chi connectivity index (χ3n) is 3.38. The van der Waals surface area contributed by atoms with Crippen LogP contribution in [0.2, 0.25) is 0 Å². The molecule has 2 rings (SSSR count). The second kappa shape index (κ2) is 7.81. The monoisotopic (exact) mass is 398 g/mol. The Labute approximate surface area is 145 Å². The maximum Gasteiger partial charge on any atom is 0.271 e. The molecule has 0 radical (unpaired) electrons. The zero-order valence-electron chi connectivity index (χ0n) is 12.7. The summed E-state index contributed by atoms with van der Waals surface area (Å²) < 4.78 is 33.5. The number of hydrogen-bond acceptors (Lipinski definition) is 4. The standard InChI is InChI=1S/C16H19BrN2O3S/c1-2-6-16(23(20,21)22)12-7-5-8-13(11-12)18-19-15-10-4-3-9-14(15)17/h3-5,7-11,16,18-19H,2,6H2,1H3,(H,20,21,22). The first-order valence-electron chi connectivity index (χ1n) is 7.24. The molecule has 1 atom stereocenters. The summed E-state index contributed by atoms with van der Waals surface area (Å²) in [6, 6.07) is 14.6. The maximum atomic E-state index is 11.6. The molecule has 0 aromatic heterocycles. The van der Waals surface area contributed by atoms with Crippen LogP contribution in [0, 0.1) is 0 Å². The zero-order chi connectivity index (χ0) is 16.9. The number of halogens is 1. The first-order chi connectivity index (χ1) is 10.9. The predicted molar refractivity (Wildman–Crippen MR) is 97.0 cm³/mol. The Morgan fingerprint density at radius 2 is 1.87 bits per heavy atom. The number of para-hydroxylation sites is 1. The summed E-state index contributed by atoms with van der Waals surface area (Å²) in [5.74, 6) is 0. The molecule has 0 amide bonds. The molecule has 0 bridgehead atoms. The molecule has 124 valence electrons. The fourth-order valence-corrected chi connectivity index (χ4v) is 3.68. The minimum absolute atomic E-state index is 0.375. The highest BCUT2D eigenvalue weighted by atomic mass is 79.9. The third-order valence-corrected chi connectivity index (χ3v) is 5.30. The number of anilines is 2. The Hall–Kier alpha value is -1.57. The van der Waals surface area contributed by atoms with Gasteiger partial charge in [0.05, 0.1) is 11.4 Å². The van der Waals surface area contributed by atoms with Crippen molar-refractivity contribution in [3.05, 3.63) is 58.6 Å². The molecule has 0 fully saturated rings. The van der Waals surface area contributed by atoms with Gasteiger partial charge in [-0.05, 0) is 52.2 Å². The van der Waals surface area contributed by atoms with Crippen molar-refractivity contribution in [2.75, 3.05) is 10.9 Å². The number of benzene rings is 2. The van der Waals surface area contributed by atoms with Gasteiger partial charge in [-0.1, -0.05) is 37.6 Å². The molecular formula is C16H19BrN2O3S. The molecule has 0 saturated carbocycles. The first-order valence-corrected chi connectivity index (χ1v) is 9.54. The molecule has 7 heteroatoms. The summed E-state index contributed by atoms with van der Waals surface area (Å²) in [6.45, 7) is 1.88. The zero-order valence-corrected chi connectivity index (χ0v) is 15.1. The van der Waals surface area contributed by atoms with E-state index in [1.54, 1.807) is 18.2 Å². The van der Waals surface area contributed by atoms with E-state index in [1.165, 1.54) is 0 Å². The quantitative estimate of drug-likeness (QED) is 0.468. The number of hydrogen-bond donors (Lipinski definition) is 3. The summed E-state index contributed by atoms with van der Waals surface area (Å²) in [6.07, 6.45) is 1.04. The van der Waals surface area contributed by atoms with Gasteiger partial charge in [0.2, 0.25) is 0 Å². The lowest BCUT2D eigenvalue weighted by Crippen LogP contribution is -2.13. The average Bonchev–Trinajstić information content (AvgIpc) is 2.51. The smallest absolute Gasteiger partial charge is 0.271 e. The van der Waals surface area contributed by atoms with Gasteiger partial charge in [-0.2, -0.15) is 8.42 Å². The van der Waals surface area contributed by atoms with Gasteiger partial charge < -0.3 is 5.43 Å². The van der Waals surface area contributed by atoms with E-state index in [0.717, 1.165) is 10.2 Å². The van der Waals surface area contributed by atoms with E-state index in [1.807, 2.05) is 37.3 Å². The van der Waals surface area contributed by atoms with Gasteiger partial charge in [0.25, 0.3) is 10.1 Å². The SMILES string of the molecule is CCCC(c1cccc(NNc2ccccc2Br)c1)S(=O)(=O)O. The fourth-order valence-electron chi connectivity index (χ4n) is 2.27. The van der Waals surface area contributed by atoms with Crippen molar-refractivity contribution in [3.63, 3.8) is 0 Å². The Kier molecular flexibility index (Phi) is 6.04. The van der Waals surface area contributed by atoms with Crippen LogP contribution in [-0.4, -0.2) is 13.0 Å². The van der Waals surface area contributed by atoms with Crippen molar-refractivity contribution >= 4 is 37.4 Å². The first kappa shape index (κ1) is 17.8. The van der Waals surface area contributed by atoms with Crippen LogP contribution in [0.1, 0.15) is 30.6 Å². The van der Waals surface area contributed by atoms with Crippen molar-refractivity contribution in [1.82, 2.24) is 0 Å². The molecule has 23 heavy (non-hydrogen) atoms. The summed E-state index contributed by atoms with van der Waals surface area (Å²) in [4.78, 5) is 0. The number of nitrogens with one attached hydrogen (secondary N) is 2. The van der Waals surface area contributed by atoms with Crippen LogP contribution >= 0.6 is 15.9 Å². The molecule has 0 aliphatic heterocycles. The highest BCUT2D eigenvalue weighted by Crippen LogP contribution is 2.28. The molecule has 3 N–H and O–H groups in total. The van der Waals surface area contributed by atoms with Gasteiger partial charge in [0, 0.05) is 4.47 Å². The molecule has 1 unspecified atom stereocenters. The van der Waals surface area contributed by atoms with Gasteiger partial charge in [0.1, 0.15) is 5.25 Å². The van der Waals surface area contributed by atoms with Crippen molar-refractivity contribution in [2.45, 2.75) is 25.0 Å². The van der Waals surface area contributed by atoms with Crippen LogP contribution in [0.3, 0.4) is 0 Å². The molecular weight excluding hydrogens is 380 g/mol. The Balaban J connectivity index is 2.18. The molecule has 5 nitrogen and oxygen atoms in total. The molecule has 2 aromatic rings. The highest BCUT2D eigenvalue weighted by Gasteiger charge is 2.24. The normalized spacial score (nSPS) is 12.7. The molecule has 2 aromatic carbocycles. The fraction of sp³-hybridized carbons (Fsp3) is 0.250. The van der Waals surface area contributed by atoms with Crippen LogP contribution in [-0.2, 0) is 10.1 Å². The Morgan fingerprint density at radius 3 is 2.52 bits per heavy atom. The minimum Gasteiger partial charge on any atom is -0.301 e. The van der Waals surface area contributed by atoms with E-state index in [4.69, 9.17) is 0 Å². The lowest BCUT2D eigenvalue weighted by atomic mass is 10.1. The van der Waals surface area contributed by atoms with Gasteiger partial charge in [-0.25, -0.2) is 0 Å². The largest absolute Gasteiger partial charge is 0.301 e. The van der Waals surface area contributed by atoms with Crippen molar-refractivity contribution in [1.29, 1.82) is 0 Å². The van der Waals surface area contributed by atoms with E-state index in [-0.39, 0.29) is 0 Å². The summed E-state index contributed by atoms with van der Waals surface area (Å²) in [7, 11) is -4.13. The molecule has 0 aliphatic rings. The third kappa shape index (κ3) is 4.95. The second-order valence-electron chi connectivity index (χ2n) is 5.15. The summed E-state index contributed by atoms with van der Waals surface area (Å²) in [5.41, 5.74) is 8.22. The van der Waals surface area contributed by atoms with Gasteiger partial charge in [-0.15, -0.1) is 0 Å². The lowest BCUT2D eigenvalue weighted by molar-refractivity contribution is 0.463. The predicted octanol–water partition coefficient (Wildman–Crippen LogP) is 4.62. The highest BCUT2D eigenvalue weighted by molar-refractivity contribution is 9.10. The van der Waals surface area contributed by atoms with Gasteiger partial charge >= 0.3 is 0 Å². The van der Waals surface area contributed by atoms with E-state index in [0.29, 0.717) is 24.1 Å². The van der Waals surface area contributed by atoms with Crippen molar-refractivity contribution in [3.8, 4) is 0 Å². The minimum atomic E-state index is -4.13. The van der Waals surface area contributed by atoms with Crippen molar-refractivity contribution in [2.24, 2.45) is 0 Å². The molecule has 0 spiro atoms. The van der Waals surface area contributed by atoms with Crippen LogP contribution in [0.25, 0.3) is 0 Å². The molecule has 0 saturated heterocycles. The summed E-state index contributed by atoms with van der Waals surface area (Å²) >= 11 is 3.44. The van der Waals surface area contributed by atoms with Crippen LogP contribution in [0.4, 0.5) is 11.4 Å².